The summed E-state index contributed by atoms with van der Waals surface area (Å²) in [4.78, 5) is 7.59. The fourth-order valence-electron chi connectivity index (χ4n) is 2.07. The van der Waals surface area contributed by atoms with Gasteiger partial charge in [0.2, 0.25) is 0 Å². The summed E-state index contributed by atoms with van der Waals surface area (Å²) in [5.74, 6) is 0.921. The third-order valence-corrected chi connectivity index (χ3v) is 2.80. The largest absolute Gasteiger partial charge is 0.342 e. The Morgan fingerprint density at radius 3 is 2.76 bits per heavy atom. The topological polar surface area (TPSA) is 80.7 Å². The monoisotopic (exact) mass is 232 g/mol. The van der Waals surface area contributed by atoms with E-state index in [-0.39, 0.29) is 11.6 Å². The number of fused-ring (bicyclic) bond motifs is 1. The Labute approximate surface area is 101 Å². The number of H-pyrrole nitrogens is 1. The summed E-state index contributed by atoms with van der Waals surface area (Å²) in [6.07, 6.45) is 0.756. The number of hydrogen-bond acceptors (Lipinski definition) is 3. The molecule has 1 unspecified atom stereocenters. The molecule has 0 saturated heterocycles. The fourth-order valence-corrected chi connectivity index (χ4v) is 2.07. The maximum atomic E-state index is 6.16. The van der Waals surface area contributed by atoms with Gasteiger partial charge in [0.1, 0.15) is 5.82 Å². The van der Waals surface area contributed by atoms with Crippen LogP contribution in [0.5, 0.6) is 0 Å². The molecular weight excluding hydrogens is 212 g/mol. The van der Waals surface area contributed by atoms with Crippen molar-refractivity contribution in [2.75, 3.05) is 0 Å². The van der Waals surface area contributed by atoms with Crippen molar-refractivity contribution in [2.24, 2.45) is 11.5 Å². The van der Waals surface area contributed by atoms with Crippen LogP contribution in [0.25, 0.3) is 11.0 Å². The van der Waals surface area contributed by atoms with Gasteiger partial charge in [0.05, 0.1) is 11.0 Å². The first-order valence-corrected chi connectivity index (χ1v) is 5.86. The number of nitrogens with two attached hydrogens (primary N) is 2. The number of nitrogens with zero attached hydrogens (tertiary/aromatic N) is 1. The number of imidazole rings is 1. The molecule has 4 nitrogen and oxygen atoms in total. The van der Waals surface area contributed by atoms with E-state index in [1.54, 1.807) is 0 Å². The molecule has 0 radical (unpaired) electrons. The number of nitrogens with one attached hydrogen (secondary N) is 1. The van der Waals surface area contributed by atoms with Crippen molar-refractivity contribution >= 4 is 11.0 Å². The molecule has 92 valence electrons. The SMILES string of the molecule is Cc1nc2ccc(C(N)CC(C)(C)N)cc2[nH]1. The van der Waals surface area contributed by atoms with Crippen molar-refractivity contribution in [1.82, 2.24) is 9.97 Å². The summed E-state index contributed by atoms with van der Waals surface area (Å²) in [7, 11) is 0. The number of rotatable bonds is 3. The molecule has 2 rings (SSSR count). The zero-order valence-electron chi connectivity index (χ0n) is 10.6. The second-order valence-electron chi connectivity index (χ2n) is 5.40. The summed E-state index contributed by atoms with van der Waals surface area (Å²) in [6.45, 7) is 5.93. The highest BCUT2D eigenvalue weighted by molar-refractivity contribution is 5.75. The molecule has 0 amide bonds. The molecule has 1 heterocycles. The van der Waals surface area contributed by atoms with Crippen LogP contribution in [0.2, 0.25) is 0 Å². The van der Waals surface area contributed by atoms with Gasteiger partial charge in [0.25, 0.3) is 0 Å². The van der Waals surface area contributed by atoms with Gasteiger partial charge in [-0.1, -0.05) is 6.07 Å². The zero-order chi connectivity index (χ0) is 12.6. The average molecular weight is 232 g/mol. The lowest BCUT2D eigenvalue weighted by Crippen LogP contribution is -2.35. The van der Waals surface area contributed by atoms with Gasteiger partial charge in [0, 0.05) is 11.6 Å². The van der Waals surface area contributed by atoms with Crippen molar-refractivity contribution in [1.29, 1.82) is 0 Å². The third-order valence-electron chi connectivity index (χ3n) is 2.80. The third kappa shape index (κ3) is 2.84. The summed E-state index contributed by atoms with van der Waals surface area (Å²) in [6, 6.07) is 6.05. The normalized spacial score (nSPS) is 14.2. The maximum absolute atomic E-state index is 6.16. The van der Waals surface area contributed by atoms with E-state index < -0.39 is 0 Å². The lowest BCUT2D eigenvalue weighted by atomic mass is 9.92. The quantitative estimate of drug-likeness (QED) is 0.757. The van der Waals surface area contributed by atoms with Crippen molar-refractivity contribution in [3.05, 3.63) is 29.6 Å². The summed E-state index contributed by atoms with van der Waals surface area (Å²) >= 11 is 0. The van der Waals surface area contributed by atoms with E-state index in [9.17, 15) is 0 Å². The van der Waals surface area contributed by atoms with E-state index in [1.807, 2.05) is 32.9 Å². The van der Waals surface area contributed by atoms with E-state index in [0.29, 0.717) is 0 Å². The van der Waals surface area contributed by atoms with Crippen molar-refractivity contribution in [3.63, 3.8) is 0 Å². The van der Waals surface area contributed by atoms with E-state index in [4.69, 9.17) is 11.5 Å². The second-order valence-corrected chi connectivity index (χ2v) is 5.40. The second kappa shape index (κ2) is 4.13. The Kier molecular flexibility index (Phi) is 2.93. The first kappa shape index (κ1) is 12.1. The molecule has 1 atom stereocenters. The molecule has 17 heavy (non-hydrogen) atoms. The van der Waals surface area contributed by atoms with Crippen LogP contribution in [-0.2, 0) is 0 Å². The van der Waals surface area contributed by atoms with Gasteiger partial charge in [-0.25, -0.2) is 4.98 Å². The Hall–Kier alpha value is -1.39. The van der Waals surface area contributed by atoms with E-state index in [2.05, 4.69) is 16.0 Å². The standard InChI is InChI=1S/C13H20N4/c1-8-16-11-5-4-9(6-12(11)17-8)10(14)7-13(2,3)15/h4-6,10H,7,14-15H2,1-3H3,(H,16,17). The van der Waals surface area contributed by atoms with Crippen LogP contribution in [-0.4, -0.2) is 15.5 Å². The molecule has 0 spiro atoms. The van der Waals surface area contributed by atoms with E-state index in [0.717, 1.165) is 28.8 Å². The lowest BCUT2D eigenvalue weighted by molar-refractivity contribution is 0.429. The number of benzene rings is 1. The first-order valence-electron chi connectivity index (χ1n) is 5.86. The first-order chi connectivity index (χ1) is 7.85. The van der Waals surface area contributed by atoms with E-state index >= 15 is 0 Å². The van der Waals surface area contributed by atoms with Gasteiger partial charge in [-0.2, -0.15) is 0 Å². The number of aromatic amines is 1. The minimum Gasteiger partial charge on any atom is -0.342 e. The van der Waals surface area contributed by atoms with Gasteiger partial charge >= 0.3 is 0 Å². The molecule has 0 bridgehead atoms. The molecule has 0 saturated carbocycles. The van der Waals surface area contributed by atoms with Crippen LogP contribution in [0.3, 0.4) is 0 Å². The van der Waals surface area contributed by atoms with Gasteiger partial charge < -0.3 is 16.5 Å². The molecule has 0 aliphatic carbocycles. The van der Waals surface area contributed by atoms with Gasteiger partial charge in [-0.05, 0) is 44.9 Å². The number of aryl methyl sites for hydroxylation is 1. The van der Waals surface area contributed by atoms with Crippen LogP contribution in [0.4, 0.5) is 0 Å². The lowest BCUT2D eigenvalue weighted by Gasteiger charge is -2.23. The van der Waals surface area contributed by atoms with Gasteiger partial charge in [-0.15, -0.1) is 0 Å². The van der Waals surface area contributed by atoms with Crippen LogP contribution in [0, 0.1) is 6.92 Å². The van der Waals surface area contributed by atoms with Crippen LogP contribution in [0.15, 0.2) is 18.2 Å². The molecular formula is C13H20N4. The van der Waals surface area contributed by atoms with Gasteiger partial charge in [-0.3, -0.25) is 0 Å². The minimum atomic E-state index is -0.252. The van der Waals surface area contributed by atoms with Crippen LogP contribution in [0.1, 0.15) is 37.7 Å². The van der Waals surface area contributed by atoms with E-state index in [1.165, 1.54) is 0 Å². The zero-order valence-corrected chi connectivity index (χ0v) is 10.6. The Bertz CT molecular complexity index is 522. The van der Waals surface area contributed by atoms with Crippen molar-refractivity contribution < 1.29 is 0 Å². The van der Waals surface area contributed by atoms with Crippen LogP contribution < -0.4 is 11.5 Å². The molecule has 0 aliphatic rings. The predicted molar refractivity (Wildman–Crippen MR) is 70.6 cm³/mol. The highest BCUT2D eigenvalue weighted by Crippen LogP contribution is 2.23. The average Bonchev–Trinajstić information content (AvgIpc) is 2.53. The molecule has 0 aliphatic heterocycles. The maximum Gasteiger partial charge on any atom is 0.104 e. The van der Waals surface area contributed by atoms with Crippen molar-refractivity contribution in [2.45, 2.75) is 38.8 Å². The number of hydrogen-bond donors (Lipinski definition) is 3. The Balaban J connectivity index is 2.29. The van der Waals surface area contributed by atoms with Crippen molar-refractivity contribution in [3.8, 4) is 0 Å². The predicted octanol–water partition coefficient (Wildman–Crippen LogP) is 2.00. The molecule has 4 heteroatoms. The van der Waals surface area contributed by atoms with Crippen LogP contribution >= 0.6 is 0 Å². The Morgan fingerprint density at radius 1 is 1.41 bits per heavy atom. The molecule has 1 aromatic heterocycles. The highest BCUT2D eigenvalue weighted by Gasteiger charge is 2.17. The summed E-state index contributed by atoms with van der Waals surface area (Å²) in [5, 5.41) is 0. The molecule has 1 aromatic carbocycles. The van der Waals surface area contributed by atoms with Gasteiger partial charge in [0.15, 0.2) is 0 Å². The minimum absolute atomic E-state index is 0.0389. The highest BCUT2D eigenvalue weighted by atomic mass is 14.9. The molecule has 2 aromatic rings. The summed E-state index contributed by atoms with van der Waals surface area (Å²) in [5.41, 5.74) is 15.0. The Morgan fingerprint density at radius 2 is 2.12 bits per heavy atom. The smallest absolute Gasteiger partial charge is 0.104 e. The fraction of sp³-hybridized carbons (Fsp3) is 0.462. The summed E-state index contributed by atoms with van der Waals surface area (Å²) < 4.78 is 0. The molecule has 5 N–H and O–H groups in total. The molecule has 0 fully saturated rings. The number of aromatic nitrogens is 2.